The number of carbonyl (C=O) groups is 1. The van der Waals surface area contributed by atoms with Crippen LogP contribution in [0.25, 0.3) is 0 Å². The van der Waals surface area contributed by atoms with Gasteiger partial charge in [-0.1, -0.05) is 0 Å². The Bertz CT molecular complexity index is 754. The monoisotopic (exact) mass is 383 g/mol. The quantitative estimate of drug-likeness (QED) is 0.858. The Labute approximate surface area is 166 Å². The Morgan fingerprint density at radius 3 is 2.71 bits per heavy atom. The second-order valence-electron chi connectivity index (χ2n) is 7.83. The maximum Gasteiger partial charge on any atom is 0.255 e. The van der Waals surface area contributed by atoms with Crippen LogP contribution in [0.5, 0.6) is 0 Å². The van der Waals surface area contributed by atoms with Crippen molar-refractivity contribution in [2.24, 2.45) is 0 Å². The first-order valence-electron chi connectivity index (χ1n) is 10.4. The molecule has 28 heavy (non-hydrogen) atoms. The molecule has 1 N–H and O–H groups in total. The van der Waals surface area contributed by atoms with E-state index in [1.807, 2.05) is 34.0 Å². The molecular weight excluding hydrogens is 354 g/mol. The van der Waals surface area contributed by atoms with Crippen LogP contribution in [0, 0.1) is 0 Å². The summed E-state index contributed by atoms with van der Waals surface area (Å²) in [5.41, 5.74) is 0.659. The molecular formula is C21H29N5O2. The third-order valence-corrected chi connectivity index (χ3v) is 5.92. The minimum absolute atomic E-state index is 0.0817. The Kier molecular flexibility index (Phi) is 5.90. The molecule has 2 saturated heterocycles. The molecule has 4 rings (SSSR count). The number of carbonyl (C=O) groups excluding carboxylic acids is 1. The smallest absolute Gasteiger partial charge is 0.255 e. The zero-order valence-corrected chi connectivity index (χ0v) is 16.3. The zero-order chi connectivity index (χ0) is 19.3. The molecule has 0 bridgehead atoms. The van der Waals surface area contributed by atoms with Gasteiger partial charge < -0.3 is 14.9 Å². The molecule has 2 aliphatic heterocycles. The van der Waals surface area contributed by atoms with Gasteiger partial charge in [0.2, 0.25) is 0 Å². The number of aliphatic hydroxyl groups excluding tert-OH is 1. The lowest BCUT2D eigenvalue weighted by Gasteiger charge is -2.36. The van der Waals surface area contributed by atoms with Gasteiger partial charge in [-0.05, 0) is 56.7 Å². The van der Waals surface area contributed by atoms with E-state index in [-0.39, 0.29) is 18.1 Å². The zero-order valence-electron chi connectivity index (χ0n) is 16.3. The summed E-state index contributed by atoms with van der Waals surface area (Å²) in [4.78, 5) is 21.9. The van der Waals surface area contributed by atoms with Gasteiger partial charge in [-0.15, -0.1) is 0 Å². The summed E-state index contributed by atoms with van der Waals surface area (Å²) >= 11 is 0. The molecule has 1 amide bonds. The Morgan fingerprint density at radius 1 is 1.14 bits per heavy atom. The summed E-state index contributed by atoms with van der Waals surface area (Å²) in [6.07, 6.45) is 11.0. The number of anilines is 1. The molecule has 7 nitrogen and oxygen atoms in total. The Hall–Kier alpha value is -2.41. The maximum atomic E-state index is 13.1. The number of aromatic nitrogens is 3. The molecule has 2 aromatic heterocycles. The average Bonchev–Trinajstić information content (AvgIpc) is 3.26. The van der Waals surface area contributed by atoms with E-state index in [4.69, 9.17) is 0 Å². The lowest BCUT2D eigenvalue weighted by Crippen LogP contribution is -2.44. The van der Waals surface area contributed by atoms with Gasteiger partial charge in [0.25, 0.3) is 5.91 Å². The minimum atomic E-state index is -0.199. The molecule has 2 aliphatic rings. The normalized spacial score (nSPS) is 21.1. The van der Waals surface area contributed by atoms with Gasteiger partial charge in [-0.2, -0.15) is 5.10 Å². The van der Waals surface area contributed by atoms with Crippen LogP contribution in [0.15, 0.2) is 36.8 Å². The SMILES string of the molecule is O=C(c1ccc(N2CCC(O)CC2)nc1)N1CCCC[C@@H]1CCn1cccn1. The number of aliphatic hydroxyl groups is 1. The van der Waals surface area contributed by atoms with E-state index in [1.54, 1.807) is 12.4 Å². The third kappa shape index (κ3) is 4.35. The van der Waals surface area contributed by atoms with Gasteiger partial charge in [0.15, 0.2) is 0 Å². The van der Waals surface area contributed by atoms with E-state index in [9.17, 15) is 9.90 Å². The van der Waals surface area contributed by atoms with E-state index >= 15 is 0 Å². The van der Waals surface area contributed by atoms with Crippen LogP contribution >= 0.6 is 0 Å². The van der Waals surface area contributed by atoms with E-state index in [0.29, 0.717) is 5.56 Å². The standard InChI is InChI=1S/C21H29N5O2/c27-19-8-13-24(14-9-19)20-6-5-17(16-22-20)21(28)26-12-2-1-4-18(26)7-15-25-11-3-10-23-25/h3,5-6,10-11,16,18-19,27H,1-2,4,7-9,12-15H2/t18-/m1/s1. The second kappa shape index (κ2) is 8.73. The van der Waals surface area contributed by atoms with Crippen molar-refractivity contribution in [3.8, 4) is 0 Å². The van der Waals surface area contributed by atoms with E-state index in [0.717, 1.165) is 64.1 Å². The van der Waals surface area contributed by atoms with Crippen LogP contribution in [-0.2, 0) is 6.54 Å². The summed E-state index contributed by atoms with van der Waals surface area (Å²) in [5.74, 6) is 0.968. The summed E-state index contributed by atoms with van der Waals surface area (Å²) in [6.45, 7) is 3.26. The van der Waals surface area contributed by atoms with E-state index in [2.05, 4.69) is 15.0 Å². The fraction of sp³-hybridized carbons (Fsp3) is 0.571. The largest absolute Gasteiger partial charge is 0.393 e. The lowest BCUT2D eigenvalue weighted by molar-refractivity contribution is 0.0593. The molecule has 0 aliphatic carbocycles. The molecule has 0 aromatic carbocycles. The van der Waals surface area contributed by atoms with Crippen molar-refractivity contribution in [1.82, 2.24) is 19.7 Å². The molecule has 7 heteroatoms. The average molecular weight is 383 g/mol. The highest BCUT2D eigenvalue weighted by Gasteiger charge is 2.28. The number of amides is 1. The van der Waals surface area contributed by atoms with Gasteiger partial charge in [0.05, 0.1) is 11.7 Å². The van der Waals surface area contributed by atoms with Crippen molar-refractivity contribution in [2.75, 3.05) is 24.5 Å². The number of hydrogen-bond acceptors (Lipinski definition) is 5. The molecule has 0 radical (unpaired) electrons. The lowest BCUT2D eigenvalue weighted by atomic mass is 9.98. The topological polar surface area (TPSA) is 74.5 Å². The third-order valence-electron chi connectivity index (χ3n) is 5.92. The van der Waals surface area contributed by atoms with Crippen molar-refractivity contribution >= 4 is 11.7 Å². The first kappa shape index (κ1) is 18.9. The number of hydrogen-bond donors (Lipinski definition) is 1. The summed E-state index contributed by atoms with van der Waals surface area (Å²) in [5, 5.41) is 13.9. The van der Waals surface area contributed by atoms with Gasteiger partial charge >= 0.3 is 0 Å². The van der Waals surface area contributed by atoms with Crippen molar-refractivity contribution in [1.29, 1.82) is 0 Å². The number of pyridine rings is 1. The van der Waals surface area contributed by atoms with Crippen LogP contribution in [0.2, 0.25) is 0 Å². The number of piperidine rings is 2. The highest BCUT2D eigenvalue weighted by Crippen LogP contribution is 2.24. The second-order valence-corrected chi connectivity index (χ2v) is 7.83. The molecule has 150 valence electrons. The molecule has 2 fully saturated rings. The van der Waals surface area contributed by atoms with Gasteiger partial charge in [-0.25, -0.2) is 4.98 Å². The van der Waals surface area contributed by atoms with Crippen LogP contribution in [0.3, 0.4) is 0 Å². The minimum Gasteiger partial charge on any atom is -0.393 e. The molecule has 0 saturated carbocycles. The highest BCUT2D eigenvalue weighted by molar-refractivity contribution is 5.94. The first-order chi connectivity index (χ1) is 13.7. The summed E-state index contributed by atoms with van der Waals surface area (Å²) < 4.78 is 1.93. The predicted octanol–water partition coefficient (Wildman–Crippen LogP) is 2.32. The number of aryl methyl sites for hydroxylation is 1. The number of rotatable bonds is 5. The van der Waals surface area contributed by atoms with Gasteiger partial charge in [0, 0.05) is 50.8 Å². The molecule has 2 aromatic rings. The van der Waals surface area contributed by atoms with Gasteiger partial charge in [0.1, 0.15) is 5.82 Å². The molecule has 4 heterocycles. The number of nitrogens with zero attached hydrogens (tertiary/aromatic N) is 5. The van der Waals surface area contributed by atoms with Gasteiger partial charge in [-0.3, -0.25) is 9.48 Å². The van der Waals surface area contributed by atoms with E-state index in [1.165, 1.54) is 6.42 Å². The predicted molar refractivity (Wildman–Crippen MR) is 107 cm³/mol. The van der Waals surface area contributed by atoms with Crippen molar-refractivity contribution in [3.63, 3.8) is 0 Å². The van der Waals surface area contributed by atoms with Crippen molar-refractivity contribution in [3.05, 3.63) is 42.4 Å². The molecule has 1 atom stereocenters. The van der Waals surface area contributed by atoms with Crippen LogP contribution in [0.1, 0.15) is 48.9 Å². The fourth-order valence-corrected chi connectivity index (χ4v) is 4.24. The Balaban J connectivity index is 1.40. The number of likely N-dealkylation sites (tertiary alicyclic amines) is 1. The molecule has 0 spiro atoms. The first-order valence-corrected chi connectivity index (χ1v) is 10.4. The summed E-state index contributed by atoms with van der Waals surface area (Å²) in [7, 11) is 0. The van der Waals surface area contributed by atoms with Crippen LogP contribution < -0.4 is 4.90 Å². The fourth-order valence-electron chi connectivity index (χ4n) is 4.24. The highest BCUT2D eigenvalue weighted by atomic mass is 16.3. The maximum absolute atomic E-state index is 13.1. The van der Waals surface area contributed by atoms with Crippen molar-refractivity contribution < 1.29 is 9.90 Å². The summed E-state index contributed by atoms with van der Waals surface area (Å²) in [6, 6.07) is 6.02. The molecule has 0 unspecified atom stereocenters. The van der Waals surface area contributed by atoms with E-state index < -0.39 is 0 Å². The van der Waals surface area contributed by atoms with Crippen LogP contribution in [-0.4, -0.2) is 62.5 Å². The van der Waals surface area contributed by atoms with Crippen molar-refractivity contribution in [2.45, 2.75) is 57.2 Å². The van der Waals surface area contributed by atoms with Crippen LogP contribution in [0.4, 0.5) is 5.82 Å². The Morgan fingerprint density at radius 2 is 2.00 bits per heavy atom.